The number of carbonyl (C=O) groups excluding carboxylic acids is 2. The number of carbonyl (C=O) groups is 2. The maximum absolute atomic E-state index is 13.4. The molecule has 2 atom stereocenters. The quantitative estimate of drug-likeness (QED) is 0.527. The molecule has 9 heteroatoms. The van der Waals surface area contributed by atoms with Gasteiger partial charge in [0.15, 0.2) is 0 Å². The van der Waals surface area contributed by atoms with Gasteiger partial charge in [0.2, 0.25) is 21.8 Å². The van der Waals surface area contributed by atoms with Crippen LogP contribution in [0.15, 0.2) is 71.8 Å². The Kier molecular flexibility index (Phi) is 7.00. The van der Waals surface area contributed by atoms with Crippen molar-refractivity contribution in [2.45, 2.75) is 50.6 Å². The minimum atomic E-state index is -4.04. The number of nitrogens with zero attached hydrogens (tertiary/aromatic N) is 2. The largest absolute Gasteiger partial charge is 0.309 e. The van der Waals surface area contributed by atoms with Gasteiger partial charge in [-0.05, 0) is 73.7 Å². The first-order chi connectivity index (χ1) is 16.6. The Bertz CT molecular complexity index is 1360. The Morgan fingerprint density at radius 3 is 2.54 bits per heavy atom. The molecule has 35 heavy (non-hydrogen) atoms. The molecule has 2 aromatic carbocycles. The Morgan fingerprint density at radius 2 is 1.86 bits per heavy atom. The molecule has 2 amide bonds. The number of pyridine rings is 1. The van der Waals surface area contributed by atoms with Crippen LogP contribution >= 0.6 is 0 Å². The van der Waals surface area contributed by atoms with E-state index in [4.69, 9.17) is 0 Å². The fraction of sp³-hybridized carbons (Fsp3) is 0.269. The summed E-state index contributed by atoms with van der Waals surface area (Å²) < 4.78 is 29.3. The highest BCUT2D eigenvalue weighted by atomic mass is 32.2. The summed E-state index contributed by atoms with van der Waals surface area (Å²) in [6, 6.07) is 16.3. The summed E-state index contributed by atoms with van der Waals surface area (Å²) in [7, 11) is -4.04. The van der Waals surface area contributed by atoms with Crippen molar-refractivity contribution in [1.29, 1.82) is 0 Å². The number of aryl methyl sites for hydroxylation is 1. The van der Waals surface area contributed by atoms with Crippen molar-refractivity contribution in [3.63, 3.8) is 0 Å². The van der Waals surface area contributed by atoms with E-state index < -0.39 is 22.0 Å². The zero-order chi connectivity index (χ0) is 25.2. The van der Waals surface area contributed by atoms with Crippen LogP contribution in [0.5, 0.6) is 0 Å². The van der Waals surface area contributed by atoms with E-state index in [0.29, 0.717) is 17.9 Å². The van der Waals surface area contributed by atoms with Crippen LogP contribution in [-0.4, -0.2) is 37.3 Å². The number of nitrogens with one attached hydrogen (secondary N) is 2. The summed E-state index contributed by atoms with van der Waals surface area (Å²) >= 11 is 0. The molecule has 0 radical (unpaired) electrons. The van der Waals surface area contributed by atoms with Crippen molar-refractivity contribution >= 4 is 33.3 Å². The predicted octanol–water partition coefficient (Wildman–Crippen LogP) is 3.22. The number of benzene rings is 2. The summed E-state index contributed by atoms with van der Waals surface area (Å²) in [6.07, 6.45) is 2.31. The van der Waals surface area contributed by atoms with E-state index in [1.54, 1.807) is 29.3 Å². The molecule has 182 valence electrons. The van der Waals surface area contributed by atoms with Crippen LogP contribution < -0.4 is 14.9 Å². The lowest BCUT2D eigenvalue weighted by molar-refractivity contribution is -0.118. The van der Waals surface area contributed by atoms with Crippen LogP contribution in [-0.2, 0) is 32.5 Å². The van der Waals surface area contributed by atoms with E-state index in [-0.39, 0.29) is 23.3 Å². The normalized spacial score (nSPS) is 16.0. The van der Waals surface area contributed by atoms with E-state index in [1.165, 1.54) is 13.0 Å². The molecule has 0 saturated heterocycles. The average Bonchev–Trinajstić information content (AvgIpc) is 3.14. The third-order valence-corrected chi connectivity index (χ3v) is 7.45. The minimum Gasteiger partial charge on any atom is -0.309 e. The highest BCUT2D eigenvalue weighted by molar-refractivity contribution is 7.89. The highest BCUT2D eigenvalue weighted by Crippen LogP contribution is 2.34. The number of sulfonamides is 1. The number of amides is 2. The van der Waals surface area contributed by atoms with E-state index in [0.717, 1.165) is 16.7 Å². The molecule has 2 N–H and O–H groups in total. The van der Waals surface area contributed by atoms with Crippen LogP contribution in [0.4, 0.5) is 11.5 Å². The second kappa shape index (κ2) is 9.97. The first-order valence-corrected chi connectivity index (χ1v) is 12.8. The van der Waals surface area contributed by atoms with Gasteiger partial charge in [-0.15, -0.1) is 0 Å². The maximum atomic E-state index is 13.4. The smallest absolute Gasteiger partial charge is 0.244 e. The van der Waals surface area contributed by atoms with Crippen LogP contribution in [0, 0.1) is 6.92 Å². The van der Waals surface area contributed by atoms with Crippen molar-refractivity contribution in [2.75, 3.05) is 10.2 Å². The lowest BCUT2D eigenvalue weighted by atomic mass is 10.1. The first kappa shape index (κ1) is 24.6. The standard InChI is InChI=1S/C26H28N4O4S/c1-17-11-12-27-25(13-17)28-26(32)23(15-20-7-5-4-6-8-20)29-35(33,34)22-9-10-24-21(16-22)14-18(2)30(24)19(3)31/h4-13,16,18,23,29H,14-15H2,1-3H3,(H,27,28,32)/t18-,23-/m0/s1. The van der Waals surface area contributed by atoms with Crippen molar-refractivity contribution in [3.05, 3.63) is 83.6 Å². The Hall–Kier alpha value is -3.56. The van der Waals surface area contributed by atoms with Gasteiger partial charge in [0.05, 0.1) is 4.90 Å². The van der Waals surface area contributed by atoms with E-state index in [9.17, 15) is 18.0 Å². The Labute approximate surface area is 205 Å². The van der Waals surface area contributed by atoms with Gasteiger partial charge in [0, 0.05) is 24.8 Å². The van der Waals surface area contributed by atoms with Gasteiger partial charge in [-0.2, -0.15) is 4.72 Å². The molecule has 1 aliphatic rings. The van der Waals surface area contributed by atoms with Crippen molar-refractivity contribution in [2.24, 2.45) is 0 Å². The third-order valence-electron chi connectivity index (χ3n) is 5.98. The molecule has 0 spiro atoms. The van der Waals surface area contributed by atoms with Gasteiger partial charge < -0.3 is 10.2 Å². The van der Waals surface area contributed by atoms with Gasteiger partial charge in [0.25, 0.3) is 0 Å². The zero-order valence-corrected chi connectivity index (χ0v) is 20.7. The molecular formula is C26H28N4O4S. The molecule has 0 saturated carbocycles. The molecule has 4 rings (SSSR count). The maximum Gasteiger partial charge on any atom is 0.244 e. The molecular weight excluding hydrogens is 464 g/mol. The molecule has 2 heterocycles. The van der Waals surface area contributed by atoms with Gasteiger partial charge >= 0.3 is 0 Å². The zero-order valence-electron chi connectivity index (χ0n) is 19.9. The van der Waals surface area contributed by atoms with Crippen LogP contribution in [0.2, 0.25) is 0 Å². The fourth-order valence-electron chi connectivity index (χ4n) is 4.37. The minimum absolute atomic E-state index is 0.0492. The highest BCUT2D eigenvalue weighted by Gasteiger charge is 2.32. The van der Waals surface area contributed by atoms with Crippen molar-refractivity contribution in [3.8, 4) is 0 Å². The molecule has 0 aliphatic carbocycles. The van der Waals surface area contributed by atoms with Crippen molar-refractivity contribution < 1.29 is 18.0 Å². The summed E-state index contributed by atoms with van der Waals surface area (Å²) in [5.41, 5.74) is 3.23. The average molecular weight is 493 g/mol. The molecule has 0 fully saturated rings. The van der Waals surface area contributed by atoms with Gasteiger partial charge in [-0.1, -0.05) is 30.3 Å². The predicted molar refractivity (Wildman–Crippen MR) is 135 cm³/mol. The second-order valence-electron chi connectivity index (χ2n) is 8.80. The Morgan fingerprint density at radius 1 is 1.11 bits per heavy atom. The van der Waals surface area contributed by atoms with Crippen LogP contribution in [0.25, 0.3) is 0 Å². The first-order valence-electron chi connectivity index (χ1n) is 11.4. The number of hydrogen-bond donors (Lipinski definition) is 2. The van der Waals surface area contributed by atoms with Gasteiger partial charge in [0.1, 0.15) is 11.9 Å². The number of anilines is 2. The van der Waals surface area contributed by atoms with E-state index in [1.807, 2.05) is 50.2 Å². The van der Waals surface area contributed by atoms with Gasteiger partial charge in [-0.3, -0.25) is 9.59 Å². The SMILES string of the molecule is CC(=O)N1c2ccc(S(=O)(=O)N[C@@H](Cc3ccccc3)C(=O)Nc3cc(C)ccn3)cc2C[C@@H]1C. The third kappa shape index (κ3) is 5.58. The molecule has 1 aromatic heterocycles. The number of aromatic nitrogens is 1. The Balaban J connectivity index is 1.61. The van der Waals surface area contributed by atoms with E-state index in [2.05, 4.69) is 15.0 Å². The lowest BCUT2D eigenvalue weighted by Crippen LogP contribution is -2.45. The van der Waals surface area contributed by atoms with Crippen LogP contribution in [0.1, 0.15) is 30.5 Å². The molecule has 8 nitrogen and oxygen atoms in total. The van der Waals surface area contributed by atoms with Crippen LogP contribution in [0.3, 0.4) is 0 Å². The molecule has 0 unspecified atom stereocenters. The fourth-order valence-corrected chi connectivity index (χ4v) is 5.61. The van der Waals surface area contributed by atoms with E-state index >= 15 is 0 Å². The summed E-state index contributed by atoms with van der Waals surface area (Å²) in [6.45, 7) is 5.30. The van der Waals surface area contributed by atoms with Crippen molar-refractivity contribution in [1.82, 2.24) is 9.71 Å². The second-order valence-corrected chi connectivity index (χ2v) is 10.5. The lowest BCUT2D eigenvalue weighted by Gasteiger charge is -2.21. The monoisotopic (exact) mass is 492 g/mol. The molecule has 0 bridgehead atoms. The topological polar surface area (TPSA) is 108 Å². The number of rotatable bonds is 7. The molecule has 1 aliphatic heterocycles. The summed E-state index contributed by atoms with van der Waals surface area (Å²) in [5.74, 6) is -0.245. The summed E-state index contributed by atoms with van der Waals surface area (Å²) in [5, 5.41) is 2.72. The number of fused-ring (bicyclic) bond motifs is 1. The number of hydrogen-bond acceptors (Lipinski definition) is 5. The van der Waals surface area contributed by atoms with Gasteiger partial charge in [-0.25, -0.2) is 13.4 Å². The molecule has 3 aromatic rings. The summed E-state index contributed by atoms with van der Waals surface area (Å²) in [4.78, 5) is 31.0.